The number of Topliss-reactive ketones (excluding diaryl/α,β-unsaturated/α-hetero) is 1. The van der Waals surface area contributed by atoms with Crippen LogP contribution in [-0.4, -0.2) is 11.8 Å². The van der Waals surface area contributed by atoms with Crippen molar-refractivity contribution in [1.29, 1.82) is 0 Å². The summed E-state index contributed by atoms with van der Waals surface area (Å²) in [5.74, 6) is -1.00. The lowest BCUT2D eigenvalue weighted by Gasteiger charge is -2.38. The van der Waals surface area contributed by atoms with Crippen LogP contribution in [0, 0.1) is 11.3 Å². The first kappa shape index (κ1) is 15.3. The van der Waals surface area contributed by atoms with Crippen LogP contribution in [0.25, 0.3) is 0 Å². The van der Waals surface area contributed by atoms with Gasteiger partial charge in [0.1, 0.15) is 11.5 Å². The van der Waals surface area contributed by atoms with Crippen molar-refractivity contribution in [1.82, 2.24) is 0 Å². The van der Waals surface area contributed by atoms with E-state index in [-0.39, 0.29) is 11.7 Å². The molecule has 108 valence electrons. The van der Waals surface area contributed by atoms with Gasteiger partial charge in [-0.25, -0.2) is 0 Å². The minimum absolute atomic E-state index is 0.104. The second kappa shape index (κ2) is 5.38. The lowest BCUT2D eigenvalue weighted by molar-refractivity contribution is -0.179. The van der Waals surface area contributed by atoms with Gasteiger partial charge in [0, 0.05) is 15.6 Å². The van der Waals surface area contributed by atoms with Crippen molar-refractivity contribution in [2.45, 2.75) is 33.3 Å². The number of hydrogen-bond donors (Lipinski definition) is 0. The van der Waals surface area contributed by atoms with Gasteiger partial charge in [-0.3, -0.25) is 9.59 Å². The topological polar surface area (TPSA) is 43.4 Å². The van der Waals surface area contributed by atoms with Crippen LogP contribution in [0.3, 0.4) is 0 Å². The lowest BCUT2D eigenvalue weighted by atomic mass is 9.74. The van der Waals surface area contributed by atoms with Crippen molar-refractivity contribution < 1.29 is 14.3 Å². The zero-order valence-electron chi connectivity index (χ0n) is 11.6. The molecular formula is C15H16Cl2O3. The summed E-state index contributed by atoms with van der Waals surface area (Å²) in [6.45, 7) is 5.09. The molecule has 0 radical (unpaired) electrons. The third kappa shape index (κ3) is 2.45. The van der Waals surface area contributed by atoms with Gasteiger partial charge in [0.25, 0.3) is 0 Å². The molecule has 1 saturated heterocycles. The highest BCUT2D eigenvalue weighted by Gasteiger charge is 2.50. The van der Waals surface area contributed by atoms with Crippen LogP contribution in [0.15, 0.2) is 18.2 Å². The fraction of sp³-hybridized carbons (Fsp3) is 0.467. The molecule has 1 aliphatic rings. The third-order valence-electron chi connectivity index (χ3n) is 3.77. The number of ether oxygens (including phenoxy) is 1. The summed E-state index contributed by atoms with van der Waals surface area (Å²) in [7, 11) is 0. The minimum Gasteiger partial charge on any atom is -0.456 e. The van der Waals surface area contributed by atoms with Crippen LogP contribution >= 0.6 is 23.2 Å². The zero-order chi connectivity index (χ0) is 15.1. The Balaban J connectivity index is 2.45. The maximum absolute atomic E-state index is 12.5. The Morgan fingerprint density at radius 3 is 2.45 bits per heavy atom. The first-order valence-electron chi connectivity index (χ1n) is 6.49. The van der Waals surface area contributed by atoms with Crippen molar-refractivity contribution in [3.05, 3.63) is 33.8 Å². The number of carbonyl (C=O) groups excluding carboxylic acids is 2. The van der Waals surface area contributed by atoms with Gasteiger partial charge in [-0.2, -0.15) is 0 Å². The lowest BCUT2D eigenvalue weighted by Crippen LogP contribution is -2.47. The van der Waals surface area contributed by atoms with Crippen LogP contribution in [-0.2, 0) is 14.3 Å². The first-order chi connectivity index (χ1) is 9.28. The highest BCUT2D eigenvalue weighted by atomic mass is 35.5. The molecule has 0 saturated carbocycles. The molecular weight excluding hydrogens is 299 g/mol. The number of carbonyl (C=O) groups is 2. The van der Waals surface area contributed by atoms with E-state index in [0.29, 0.717) is 22.0 Å². The predicted octanol–water partition coefficient (Wildman–Crippen LogP) is 4.21. The third-order valence-corrected chi connectivity index (χ3v) is 4.33. The maximum atomic E-state index is 12.5. The van der Waals surface area contributed by atoms with Crippen molar-refractivity contribution in [3.8, 4) is 0 Å². The molecule has 0 N–H and O–H groups in total. The molecule has 0 spiro atoms. The van der Waals surface area contributed by atoms with Gasteiger partial charge in [-0.15, -0.1) is 0 Å². The Morgan fingerprint density at radius 1 is 1.25 bits per heavy atom. The molecule has 2 rings (SSSR count). The SMILES string of the molecule is CC[C@H]1C(=O)C(C)(C)C(=O)O[C@@H]1c1ccc(Cl)cc1Cl. The molecule has 0 unspecified atom stereocenters. The number of ketones is 1. The normalized spacial score (nSPS) is 25.4. The van der Waals surface area contributed by atoms with Crippen LogP contribution in [0.1, 0.15) is 38.9 Å². The molecule has 20 heavy (non-hydrogen) atoms. The Hall–Kier alpha value is -1.06. The standard InChI is InChI=1S/C15H16Cl2O3/c1-4-9-12(10-6-5-8(16)7-11(10)17)20-14(19)15(2,3)13(9)18/h5-7,9,12H,4H2,1-3H3/t9-,12+/m1/s1. The summed E-state index contributed by atoms with van der Waals surface area (Å²) in [6.07, 6.45) is -0.0584. The molecule has 1 aliphatic heterocycles. The molecule has 0 aromatic heterocycles. The van der Waals surface area contributed by atoms with E-state index in [0.717, 1.165) is 0 Å². The zero-order valence-corrected chi connectivity index (χ0v) is 13.1. The van der Waals surface area contributed by atoms with E-state index in [1.54, 1.807) is 32.0 Å². The molecule has 1 aromatic rings. The van der Waals surface area contributed by atoms with E-state index in [4.69, 9.17) is 27.9 Å². The van der Waals surface area contributed by atoms with Crippen molar-refractivity contribution in [3.63, 3.8) is 0 Å². The van der Waals surface area contributed by atoms with E-state index < -0.39 is 17.5 Å². The number of hydrogen-bond acceptors (Lipinski definition) is 3. The summed E-state index contributed by atoms with van der Waals surface area (Å²) in [5.41, 5.74) is -0.476. The molecule has 0 aliphatic carbocycles. The summed E-state index contributed by atoms with van der Waals surface area (Å²) in [4.78, 5) is 24.5. The molecule has 0 bridgehead atoms. The van der Waals surface area contributed by atoms with E-state index in [1.165, 1.54) is 0 Å². The molecule has 1 aromatic carbocycles. The summed E-state index contributed by atoms with van der Waals surface area (Å²) < 4.78 is 5.49. The largest absolute Gasteiger partial charge is 0.456 e. The summed E-state index contributed by atoms with van der Waals surface area (Å²) >= 11 is 12.0. The molecule has 1 heterocycles. The van der Waals surface area contributed by atoms with Gasteiger partial charge in [0.05, 0.1) is 5.92 Å². The fourth-order valence-electron chi connectivity index (χ4n) is 2.46. The Morgan fingerprint density at radius 2 is 1.90 bits per heavy atom. The highest BCUT2D eigenvalue weighted by molar-refractivity contribution is 6.35. The molecule has 2 atom stereocenters. The average molecular weight is 315 g/mol. The Bertz CT molecular complexity index is 566. The van der Waals surface area contributed by atoms with Crippen molar-refractivity contribution in [2.24, 2.45) is 11.3 Å². The second-order valence-electron chi connectivity index (χ2n) is 5.50. The maximum Gasteiger partial charge on any atom is 0.319 e. The van der Waals surface area contributed by atoms with Gasteiger partial charge >= 0.3 is 5.97 Å². The van der Waals surface area contributed by atoms with Crippen LogP contribution < -0.4 is 0 Å². The van der Waals surface area contributed by atoms with E-state index in [1.807, 2.05) is 6.92 Å². The molecule has 5 heteroatoms. The number of benzene rings is 1. The summed E-state index contributed by atoms with van der Waals surface area (Å²) in [6, 6.07) is 4.97. The number of cyclic esters (lactones) is 1. The van der Waals surface area contributed by atoms with Crippen LogP contribution in [0.5, 0.6) is 0 Å². The minimum atomic E-state index is -1.10. The van der Waals surface area contributed by atoms with Crippen LogP contribution in [0.2, 0.25) is 10.0 Å². The average Bonchev–Trinajstić information content (AvgIpc) is 2.36. The van der Waals surface area contributed by atoms with E-state index in [2.05, 4.69) is 0 Å². The van der Waals surface area contributed by atoms with Gasteiger partial charge in [-0.05, 0) is 32.4 Å². The smallest absolute Gasteiger partial charge is 0.319 e. The fourth-order valence-corrected chi connectivity index (χ4v) is 2.97. The predicted molar refractivity (Wildman–Crippen MR) is 77.9 cm³/mol. The van der Waals surface area contributed by atoms with Gasteiger partial charge in [0.2, 0.25) is 0 Å². The van der Waals surface area contributed by atoms with Gasteiger partial charge in [-0.1, -0.05) is 36.2 Å². The molecule has 1 fully saturated rings. The van der Waals surface area contributed by atoms with E-state index >= 15 is 0 Å². The number of esters is 1. The Kier molecular flexibility index (Phi) is 4.12. The quantitative estimate of drug-likeness (QED) is 0.606. The van der Waals surface area contributed by atoms with E-state index in [9.17, 15) is 9.59 Å². The van der Waals surface area contributed by atoms with Crippen LogP contribution in [0.4, 0.5) is 0 Å². The molecule has 3 nitrogen and oxygen atoms in total. The Labute approximate surface area is 128 Å². The second-order valence-corrected chi connectivity index (χ2v) is 6.34. The number of halogens is 2. The first-order valence-corrected chi connectivity index (χ1v) is 7.25. The van der Waals surface area contributed by atoms with Crippen molar-refractivity contribution in [2.75, 3.05) is 0 Å². The summed E-state index contributed by atoms with van der Waals surface area (Å²) in [5, 5.41) is 0.904. The van der Waals surface area contributed by atoms with Gasteiger partial charge in [0.15, 0.2) is 5.78 Å². The highest BCUT2D eigenvalue weighted by Crippen LogP contribution is 2.43. The van der Waals surface area contributed by atoms with Gasteiger partial charge < -0.3 is 4.74 Å². The van der Waals surface area contributed by atoms with Crippen molar-refractivity contribution >= 4 is 35.0 Å². The molecule has 0 amide bonds. The monoisotopic (exact) mass is 314 g/mol. The number of rotatable bonds is 2.